The molecule has 0 aliphatic rings. The SMILES string of the molecule is CC(C)=CCOCC(O)(OC(C)C)c1ccc2c(N)ncnn12. The summed E-state index contributed by atoms with van der Waals surface area (Å²) in [5, 5.41) is 15.2. The summed E-state index contributed by atoms with van der Waals surface area (Å²) < 4.78 is 12.8. The molecule has 0 fully saturated rings. The van der Waals surface area contributed by atoms with Gasteiger partial charge in [-0.25, -0.2) is 9.50 Å². The van der Waals surface area contributed by atoms with Crippen molar-refractivity contribution in [3.8, 4) is 0 Å². The predicted octanol–water partition coefficient (Wildman–Crippen LogP) is 1.86. The second-order valence-corrected chi connectivity index (χ2v) is 5.91. The van der Waals surface area contributed by atoms with E-state index >= 15 is 0 Å². The third-order valence-corrected chi connectivity index (χ3v) is 3.22. The molecule has 7 nitrogen and oxygen atoms in total. The van der Waals surface area contributed by atoms with Crippen LogP contribution >= 0.6 is 0 Å². The van der Waals surface area contributed by atoms with Gasteiger partial charge in [0.2, 0.25) is 5.79 Å². The highest BCUT2D eigenvalue weighted by Gasteiger charge is 2.35. The highest BCUT2D eigenvalue weighted by Crippen LogP contribution is 2.27. The van der Waals surface area contributed by atoms with E-state index in [-0.39, 0.29) is 12.7 Å². The maximum Gasteiger partial charge on any atom is 0.234 e. The molecule has 0 aliphatic carbocycles. The van der Waals surface area contributed by atoms with E-state index in [0.29, 0.717) is 23.6 Å². The summed E-state index contributed by atoms with van der Waals surface area (Å²) in [5.74, 6) is -1.29. The minimum absolute atomic E-state index is 0.0228. The normalized spacial score (nSPS) is 14.2. The molecule has 23 heavy (non-hydrogen) atoms. The Hall–Kier alpha value is -1.96. The minimum atomic E-state index is -1.63. The van der Waals surface area contributed by atoms with Crippen LogP contribution in [0.25, 0.3) is 5.52 Å². The van der Waals surface area contributed by atoms with E-state index in [0.717, 1.165) is 5.57 Å². The van der Waals surface area contributed by atoms with Crippen molar-refractivity contribution in [3.63, 3.8) is 0 Å². The van der Waals surface area contributed by atoms with Gasteiger partial charge in [0.05, 0.1) is 12.7 Å². The molecule has 0 saturated heterocycles. The van der Waals surface area contributed by atoms with Gasteiger partial charge in [-0.3, -0.25) is 0 Å². The van der Waals surface area contributed by atoms with Gasteiger partial charge in [-0.05, 0) is 39.8 Å². The first kappa shape index (κ1) is 17.4. The topological polar surface area (TPSA) is 94.9 Å². The molecule has 0 bridgehead atoms. The number of aliphatic hydroxyl groups is 1. The Kier molecular flexibility index (Phi) is 5.35. The first-order chi connectivity index (χ1) is 10.8. The molecule has 2 heterocycles. The molecule has 1 unspecified atom stereocenters. The minimum Gasteiger partial charge on any atom is -0.382 e. The zero-order valence-corrected chi connectivity index (χ0v) is 14.0. The zero-order valence-electron chi connectivity index (χ0n) is 14.0. The smallest absolute Gasteiger partial charge is 0.234 e. The molecule has 1 atom stereocenters. The molecule has 0 aliphatic heterocycles. The van der Waals surface area contributed by atoms with Crippen molar-refractivity contribution in [2.45, 2.75) is 39.6 Å². The van der Waals surface area contributed by atoms with Crippen molar-refractivity contribution in [3.05, 3.63) is 35.8 Å². The van der Waals surface area contributed by atoms with Gasteiger partial charge in [-0.1, -0.05) is 11.6 Å². The maximum atomic E-state index is 11.0. The fourth-order valence-corrected chi connectivity index (χ4v) is 2.23. The van der Waals surface area contributed by atoms with E-state index in [1.54, 1.807) is 12.1 Å². The molecule has 2 rings (SSSR count). The molecule has 126 valence electrons. The maximum absolute atomic E-state index is 11.0. The molecule has 0 aromatic carbocycles. The molecule has 0 saturated carbocycles. The summed E-state index contributed by atoms with van der Waals surface area (Å²) in [6, 6.07) is 3.46. The van der Waals surface area contributed by atoms with Gasteiger partial charge in [-0.15, -0.1) is 0 Å². The lowest BCUT2D eigenvalue weighted by Gasteiger charge is -2.29. The number of nitrogen functional groups attached to an aromatic ring is 1. The quantitative estimate of drug-likeness (QED) is 0.459. The number of allylic oxidation sites excluding steroid dienone is 1. The Morgan fingerprint density at radius 2 is 2.17 bits per heavy atom. The standard InChI is InChI=1S/C16H24N4O3/c1-11(2)7-8-22-9-16(21,23-12(3)4)14-6-5-13-15(17)18-10-19-20(13)14/h5-7,10,12,21H,8-9H2,1-4H3,(H2,17,18,19). The van der Waals surface area contributed by atoms with E-state index in [1.165, 1.54) is 10.8 Å². The number of nitrogens with two attached hydrogens (primary N) is 1. The zero-order chi connectivity index (χ0) is 17.0. The summed E-state index contributed by atoms with van der Waals surface area (Å²) in [7, 11) is 0. The number of rotatable bonds is 7. The molecule has 7 heteroatoms. The van der Waals surface area contributed by atoms with Gasteiger partial charge < -0.3 is 20.3 Å². The number of fused-ring (bicyclic) bond motifs is 1. The molecule has 0 amide bonds. The number of aromatic nitrogens is 3. The monoisotopic (exact) mass is 320 g/mol. The van der Waals surface area contributed by atoms with Crippen LogP contribution in [0, 0.1) is 0 Å². The summed E-state index contributed by atoms with van der Waals surface area (Å²) in [4.78, 5) is 3.94. The number of hydrogen-bond donors (Lipinski definition) is 2. The van der Waals surface area contributed by atoms with E-state index in [4.69, 9.17) is 15.2 Å². The summed E-state index contributed by atoms with van der Waals surface area (Å²) >= 11 is 0. The van der Waals surface area contributed by atoms with Crippen LogP contribution in [0.3, 0.4) is 0 Å². The molecule has 2 aromatic rings. The molecule has 3 N–H and O–H groups in total. The van der Waals surface area contributed by atoms with Crippen LogP contribution in [0.1, 0.15) is 33.4 Å². The Labute approximate surface area is 135 Å². The number of ether oxygens (including phenoxy) is 2. The van der Waals surface area contributed by atoms with Crippen LogP contribution in [0.5, 0.6) is 0 Å². The van der Waals surface area contributed by atoms with Crippen LogP contribution in [-0.4, -0.2) is 39.0 Å². The van der Waals surface area contributed by atoms with Crippen molar-refractivity contribution in [2.75, 3.05) is 18.9 Å². The van der Waals surface area contributed by atoms with E-state index in [9.17, 15) is 5.11 Å². The van der Waals surface area contributed by atoms with Crippen molar-refractivity contribution in [1.29, 1.82) is 0 Å². The lowest BCUT2D eigenvalue weighted by molar-refractivity contribution is -0.259. The largest absolute Gasteiger partial charge is 0.382 e. The summed E-state index contributed by atoms with van der Waals surface area (Å²) in [6.45, 7) is 8.04. The number of hydrogen-bond acceptors (Lipinski definition) is 6. The predicted molar refractivity (Wildman–Crippen MR) is 87.8 cm³/mol. The Balaban J connectivity index is 2.32. The van der Waals surface area contributed by atoms with Gasteiger partial charge in [-0.2, -0.15) is 5.10 Å². The fourth-order valence-electron chi connectivity index (χ4n) is 2.23. The van der Waals surface area contributed by atoms with E-state index in [1.807, 2.05) is 33.8 Å². The average molecular weight is 320 g/mol. The van der Waals surface area contributed by atoms with Gasteiger partial charge in [0.1, 0.15) is 24.1 Å². The van der Waals surface area contributed by atoms with Crippen molar-refractivity contribution < 1.29 is 14.6 Å². The first-order valence-corrected chi connectivity index (χ1v) is 7.53. The van der Waals surface area contributed by atoms with Crippen molar-refractivity contribution >= 4 is 11.3 Å². The summed E-state index contributed by atoms with van der Waals surface area (Å²) in [5.41, 5.74) is 8.04. The summed E-state index contributed by atoms with van der Waals surface area (Å²) in [6.07, 6.45) is 3.08. The van der Waals surface area contributed by atoms with Crippen molar-refractivity contribution in [1.82, 2.24) is 14.6 Å². The van der Waals surface area contributed by atoms with Crippen LogP contribution in [0.2, 0.25) is 0 Å². The second kappa shape index (κ2) is 7.08. The lowest BCUT2D eigenvalue weighted by atomic mass is 10.2. The van der Waals surface area contributed by atoms with Crippen molar-refractivity contribution in [2.24, 2.45) is 0 Å². The van der Waals surface area contributed by atoms with Gasteiger partial charge in [0.15, 0.2) is 5.82 Å². The highest BCUT2D eigenvalue weighted by atomic mass is 16.7. The molecular weight excluding hydrogens is 296 g/mol. The van der Waals surface area contributed by atoms with Crippen LogP contribution in [0.15, 0.2) is 30.1 Å². The molecule has 0 spiro atoms. The third kappa shape index (κ3) is 4.07. The van der Waals surface area contributed by atoms with Crippen LogP contribution < -0.4 is 5.73 Å². The second-order valence-electron chi connectivity index (χ2n) is 5.91. The van der Waals surface area contributed by atoms with Gasteiger partial charge >= 0.3 is 0 Å². The first-order valence-electron chi connectivity index (χ1n) is 7.53. The Morgan fingerprint density at radius 3 is 2.83 bits per heavy atom. The van der Waals surface area contributed by atoms with E-state index < -0.39 is 5.79 Å². The highest BCUT2D eigenvalue weighted by molar-refractivity contribution is 5.65. The molecule has 2 aromatic heterocycles. The van der Waals surface area contributed by atoms with Crippen LogP contribution in [-0.2, 0) is 15.3 Å². The van der Waals surface area contributed by atoms with Crippen LogP contribution in [0.4, 0.5) is 5.82 Å². The Morgan fingerprint density at radius 1 is 1.43 bits per heavy atom. The molecule has 0 radical (unpaired) electrons. The van der Waals surface area contributed by atoms with Gasteiger partial charge in [0, 0.05) is 0 Å². The third-order valence-electron chi connectivity index (χ3n) is 3.22. The molecular formula is C16H24N4O3. The Bertz CT molecular complexity index is 692. The van der Waals surface area contributed by atoms with E-state index in [2.05, 4.69) is 10.1 Å². The average Bonchev–Trinajstić information content (AvgIpc) is 2.89. The number of nitrogens with zero attached hydrogens (tertiary/aromatic N) is 3. The number of anilines is 1. The lowest BCUT2D eigenvalue weighted by Crippen LogP contribution is -2.38. The fraction of sp³-hybridized carbons (Fsp3) is 0.500. The van der Waals surface area contributed by atoms with Gasteiger partial charge in [0.25, 0.3) is 0 Å².